The Morgan fingerprint density at radius 3 is 2.75 bits per heavy atom. The number of hydrogen-bond acceptors (Lipinski definition) is 4. The first kappa shape index (κ1) is 17.4. The second-order valence-corrected chi connectivity index (χ2v) is 6.58. The Hall–Kier alpha value is -0.610. The summed E-state index contributed by atoms with van der Waals surface area (Å²) >= 11 is 0. The van der Waals surface area contributed by atoms with Gasteiger partial charge in [0.1, 0.15) is 5.54 Å². The summed E-state index contributed by atoms with van der Waals surface area (Å²) in [6.07, 6.45) is 7.15. The number of hydrogen-bond donors (Lipinski definition) is 1. The zero-order valence-electron chi connectivity index (χ0n) is 13.7. The van der Waals surface area contributed by atoms with Crippen molar-refractivity contribution < 1.29 is 9.53 Å². The van der Waals surface area contributed by atoms with Crippen molar-refractivity contribution >= 4 is 5.97 Å². The molecule has 0 aromatic rings. The largest absolute Gasteiger partial charge is 0.468 e. The van der Waals surface area contributed by atoms with Gasteiger partial charge in [-0.15, -0.1) is 0 Å². The number of rotatable bonds is 6. The van der Waals surface area contributed by atoms with Crippen LogP contribution < -0.4 is 5.73 Å². The molecule has 3 atom stereocenters. The highest BCUT2D eigenvalue weighted by Crippen LogP contribution is 2.24. The standard InChI is InChI=1S/C16H32N2O2/c1-5-7-14-8-6-10-18(11-9-14)13(2)12-16(3,17)15(19)20-4/h13-14H,5-12,17H2,1-4H3. The normalized spacial score (nSPS) is 25.6. The van der Waals surface area contributed by atoms with Gasteiger partial charge in [0, 0.05) is 6.04 Å². The Morgan fingerprint density at radius 1 is 1.45 bits per heavy atom. The maximum atomic E-state index is 11.7. The molecule has 1 saturated heterocycles. The minimum atomic E-state index is -0.886. The summed E-state index contributed by atoms with van der Waals surface area (Å²) < 4.78 is 4.79. The first-order valence-electron chi connectivity index (χ1n) is 8.02. The first-order valence-corrected chi connectivity index (χ1v) is 8.02. The van der Waals surface area contributed by atoms with E-state index < -0.39 is 5.54 Å². The van der Waals surface area contributed by atoms with Gasteiger partial charge in [0.05, 0.1) is 7.11 Å². The fourth-order valence-electron chi connectivity index (χ4n) is 3.38. The van der Waals surface area contributed by atoms with Crippen LogP contribution in [0.2, 0.25) is 0 Å². The lowest BCUT2D eigenvalue weighted by Crippen LogP contribution is -2.51. The van der Waals surface area contributed by atoms with Crippen LogP contribution in [0.4, 0.5) is 0 Å². The summed E-state index contributed by atoms with van der Waals surface area (Å²) in [6, 6.07) is 0.324. The fourth-order valence-corrected chi connectivity index (χ4v) is 3.38. The van der Waals surface area contributed by atoms with Crippen molar-refractivity contribution in [1.29, 1.82) is 0 Å². The summed E-state index contributed by atoms with van der Waals surface area (Å²) in [5.74, 6) is 0.560. The van der Waals surface area contributed by atoms with Crippen LogP contribution >= 0.6 is 0 Å². The number of carbonyl (C=O) groups excluding carboxylic acids is 1. The van der Waals surface area contributed by atoms with Gasteiger partial charge >= 0.3 is 5.97 Å². The maximum absolute atomic E-state index is 11.7. The van der Waals surface area contributed by atoms with Crippen molar-refractivity contribution in [2.24, 2.45) is 11.7 Å². The molecule has 20 heavy (non-hydrogen) atoms. The molecule has 3 unspecified atom stereocenters. The summed E-state index contributed by atoms with van der Waals surface area (Å²) in [5.41, 5.74) is 5.21. The summed E-state index contributed by atoms with van der Waals surface area (Å²) in [7, 11) is 1.40. The molecule has 1 fully saturated rings. The van der Waals surface area contributed by atoms with Crippen LogP contribution in [-0.4, -0.2) is 42.6 Å². The highest BCUT2D eigenvalue weighted by molar-refractivity contribution is 5.79. The molecule has 0 saturated carbocycles. The van der Waals surface area contributed by atoms with Crippen molar-refractivity contribution in [3.05, 3.63) is 0 Å². The van der Waals surface area contributed by atoms with E-state index in [0.29, 0.717) is 12.5 Å². The van der Waals surface area contributed by atoms with Gasteiger partial charge in [-0.1, -0.05) is 19.8 Å². The van der Waals surface area contributed by atoms with Crippen molar-refractivity contribution in [3.63, 3.8) is 0 Å². The molecule has 0 bridgehead atoms. The minimum absolute atomic E-state index is 0.317. The highest BCUT2D eigenvalue weighted by Gasteiger charge is 2.33. The first-order chi connectivity index (χ1) is 9.40. The van der Waals surface area contributed by atoms with E-state index in [1.807, 2.05) is 0 Å². The highest BCUT2D eigenvalue weighted by atomic mass is 16.5. The third kappa shape index (κ3) is 5.06. The molecule has 1 heterocycles. The molecule has 0 spiro atoms. The zero-order chi connectivity index (χ0) is 15.2. The van der Waals surface area contributed by atoms with Crippen LogP contribution in [-0.2, 0) is 9.53 Å². The van der Waals surface area contributed by atoms with E-state index in [1.165, 1.54) is 39.2 Å². The molecule has 2 N–H and O–H groups in total. The van der Waals surface area contributed by atoms with Gasteiger partial charge in [-0.05, 0) is 58.5 Å². The SMILES string of the molecule is CCCC1CCCN(C(C)CC(C)(N)C(=O)OC)CC1. The van der Waals surface area contributed by atoms with Crippen molar-refractivity contribution in [2.45, 2.75) is 70.9 Å². The minimum Gasteiger partial charge on any atom is -0.468 e. The topological polar surface area (TPSA) is 55.6 Å². The van der Waals surface area contributed by atoms with Crippen molar-refractivity contribution in [2.75, 3.05) is 20.2 Å². The summed E-state index contributed by atoms with van der Waals surface area (Å²) in [6.45, 7) is 8.46. The quantitative estimate of drug-likeness (QED) is 0.762. The number of ether oxygens (including phenoxy) is 1. The molecule has 0 radical (unpaired) electrons. The molecule has 0 aromatic heterocycles. The van der Waals surface area contributed by atoms with E-state index in [4.69, 9.17) is 10.5 Å². The van der Waals surface area contributed by atoms with Gasteiger partial charge in [0.2, 0.25) is 0 Å². The molecule has 1 aliphatic heterocycles. The maximum Gasteiger partial charge on any atom is 0.325 e. The van der Waals surface area contributed by atoms with Crippen LogP contribution in [0.1, 0.15) is 59.3 Å². The second kappa shape index (κ2) is 7.99. The molecule has 1 rings (SSSR count). The van der Waals surface area contributed by atoms with Gasteiger partial charge < -0.3 is 15.4 Å². The van der Waals surface area contributed by atoms with Crippen LogP contribution in [0, 0.1) is 5.92 Å². The van der Waals surface area contributed by atoms with Gasteiger partial charge in [-0.3, -0.25) is 4.79 Å². The molecule has 0 aliphatic carbocycles. The van der Waals surface area contributed by atoms with Gasteiger partial charge in [-0.25, -0.2) is 0 Å². The van der Waals surface area contributed by atoms with Crippen LogP contribution in [0.5, 0.6) is 0 Å². The third-order valence-electron chi connectivity index (χ3n) is 4.57. The molecule has 118 valence electrons. The van der Waals surface area contributed by atoms with Gasteiger partial charge in [0.25, 0.3) is 0 Å². The smallest absolute Gasteiger partial charge is 0.325 e. The van der Waals surface area contributed by atoms with E-state index >= 15 is 0 Å². The second-order valence-electron chi connectivity index (χ2n) is 6.58. The van der Waals surface area contributed by atoms with Crippen molar-refractivity contribution in [1.82, 2.24) is 4.90 Å². The van der Waals surface area contributed by atoms with Crippen LogP contribution in [0.25, 0.3) is 0 Å². The van der Waals surface area contributed by atoms with Gasteiger partial charge in [-0.2, -0.15) is 0 Å². The van der Waals surface area contributed by atoms with E-state index in [0.717, 1.165) is 19.0 Å². The van der Waals surface area contributed by atoms with Crippen LogP contribution in [0.15, 0.2) is 0 Å². The molecule has 4 heteroatoms. The Labute approximate surface area is 124 Å². The molecular weight excluding hydrogens is 252 g/mol. The lowest BCUT2D eigenvalue weighted by molar-refractivity contribution is -0.147. The predicted molar refractivity (Wildman–Crippen MR) is 82.5 cm³/mol. The third-order valence-corrected chi connectivity index (χ3v) is 4.57. The van der Waals surface area contributed by atoms with Crippen LogP contribution in [0.3, 0.4) is 0 Å². The number of methoxy groups -OCH3 is 1. The Morgan fingerprint density at radius 2 is 2.15 bits per heavy atom. The number of nitrogens with zero attached hydrogens (tertiary/aromatic N) is 1. The Bertz CT molecular complexity index is 305. The molecule has 0 amide bonds. The van der Waals surface area contributed by atoms with E-state index in [9.17, 15) is 4.79 Å². The number of likely N-dealkylation sites (tertiary alicyclic amines) is 1. The average Bonchev–Trinajstić information content (AvgIpc) is 2.63. The number of carbonyl (C=O) groups is 1. The summed E-state index contributed by atoms with van der Waals surface area (Å²) in [4.78, 5) is 14.2. The zero-order valence-corrected chi connectivity index (χ0v) is 13.7. The fraction of sp³-hybridized carbons (Fsp3) is 0.938. The number of nitrogens with two attached hydrogens (primary N) is 1. The Kier molecular flexibility index (Phi) is 6.96. The lowest BCUT2D eigenvalue weighted by Gasteiger charge is -2.33. The monoisotopic (exact) mass is 284 g/mol. The number of esters is 1. The van der Waals surface area contributed by atoms with E-state index in [2.05, 4.69) is 18.7 Å². The van der Waals surface area contributed by atoms with Gasteiger partial charge in [0.15, 0.2) is 0 Å². The summed E-state index contributed by atoms with van der Waals surface area (Å²) in [5, 5.41) is 0. The predicted octanol–water partition coefficient (Wildman–Crippen LogP) is 2.56. The van der Waals surface area contributed by atoms with E-state index in [1.54, 1.807) is 6.92 Å². The Balaban J connectivity index is 2.51. The van der Waals surface area contributed by atoms with E-state index in [-0.39, 0.29) is 5.97 Å². The molecule has 1 aliphatic rings. The average molecular weight is 284 g/mol. The molecular formula is C16H32N2O2. The molecule has 4 nitrogen and oxygen atoms in total. The van der Waals surface area contributed by atoms with Crippen molar-refractivity contribution in [3.8, 4) is 0 Å². The molecule has 0 aromatic carbocycles. The lowest BCUT2D eigenvalue weighted by atomic mass is 9.94.